The standard InChI is InChI=1S/C16H22BrN3/c1-11(18-14-5-7-20(2)8-6-14)16-10-12-9-13(17)3-4-15(12)19-16/h3-4,9-11,14,18-19H,5-8H2,1-2H3. The van der Waals surface area contributed by atoms with E-state index in [0.29, 0.717) is 12.1 Å². The number of nitrogens with one attached hydrogen (secondary N) is 2. The van der Waals surface area contributed by atoms with Crippen LogP contribution in [0.15, 0.2) is 28.7 Å². The topological polar surface area (TPSA) is 31.1 Å². The third-order valence-electron chi connectivity index (χ3n) is 4.27. The Labute approximate surface area is 128 Å². The molecule has 1 fully saturated rings. The van der Waals surface area contributed by atoms with Gasteiger partial charge in [-0.05, 0) is 64.2 Å². The van der Waals surface area contributed by atoms with Crippen LogP contribution >= 0.6 is 15.9 Å². The summed E-state index contributed by atoms with van der Waals surface area (Å²) in [6.07, 6.45) is 2.49. The van der Waals surface area contributed by atoms with Crippen LogP contribution in [-0.2, 0) is 0 Å². The first kappa shape index (κ1) is 14.1. The molecule has 1 atom stereocenters. The predicted octanol–water partition coefficient (Wildman–Crippen LogP) is 3.68. The lowest BCUT2D eigenvalue weighted by atomic mass is 10.0. The zero-order chi connectivity index (χ0) is 14.1. The van der Waals surface area contributed by atoms with Crippen LogP contribution in [0.5, 0.6) is 0 Å². The molecule has 4 heteroatoms. The predicted molar refractivity (Wildman–Crippen MR) is 88.1 cm³/mol. The van der Waals surface area contributed by atoms with Crippen molar-refractivity contribution in [3.05, 3.63) is 34.4 Å². The third kappa shape index (κ3) is 3.08. The Kier molecular flexibility index (Phi) is 4.15. The zero-order valence-electron chi connectivity index (χ0n) is 12.1. The van der Waals surface area contributed by atoms with Crippen molar-refractivity contribution in [1.82, 2.24) is 15.2 Å². The van der Waals surface area contributed by atoms with Crippen LogP contribution in [0.4, 0.5) is 0 Å². The van der Waals surface area contributed by atoms with Gasteiger partial charge in [-0.2, -0.15) is 0 Å². The number of benzene rings is 1. The van der Waals surface area contributed by atoms with E-state index < -0.39 is 0 Å². The summed E-state index contributed by atoms with van der Waals surface area (Å²) in [4.78, 5) is 5.93. The lowest BCUT2D eigenvalue weighted by molar-refractivity contribution is 0.226. The summed E-state index contributed by atoms with van der Waals surface area (Å²) in [7, 11) is 2.20. The average Bonchev–Trinajstić information content (AvgIpc) is 2.84. The van der Waals surface area contributed by atoms with Crippen LogP contribution < -0.4 is 5.32 Å². The summed E-state index contributed by atoms with van der Waals surface area (Å²) in [5.74, 6) is 0. The van der Waals surface area contributed by atoms with Crippen molar-refractivity contribution in [3.8, 4) is 0 Å². The summed E-state index contributed by atoms with van der Waals surface area (Å²) < 4.78 is 1.13. The second-order valence-electron chi connectivity index (χ2n) is 5.92. The minimum absolute atomic E-state index is 0.370. The van der Waals surface area contributed by atoms with Gasteiger partial charge in [-0.25, -0.2) is 0 Å². The molecule has 2 heterocycles. The van der Waals surface area contributed by atoms with E-state index in [1.54, 1.807) is 0 Å². The molecule has 0 spiro atoms. The van der Waals surface area contributed by atoms with Crippen molar-refractivity contribution in [2.24, 2.45) is 0 Å². The number of hydrogen-bond donors (Lipinski definition) is 2. The molecule has 0 bridgehead atoms. The average molecular weight is 336 g/mol. The van der Waals surface area contributed by atoms with Gasteiger partial charge in [0.25, 0.3) is 0 Å². The molecule has 20 heavy (non-hydrogen) atoms. The van der Waals surface area contributed by atoms with E-state index in [0.717, 1.165) is 4.47 Å². The van der Waals surface area contributed by atoms with E-state index in [2.05, 4.69) is 69.4 Å². The van der Waals surface area contributed by atoms with Crippen LogP contribution in [0, 0.1) is 0 Å². The number of hydrogen-bond acceptors (Lipinski definition) is 2. The molecule has 2 aromatic rings. The van der Waals surface area contributed by atoms with Crippen LogP contribution in [0.1, 0.15) is 31.5 Å². The van der Waals surface area contributed by atoms with Crippen LogP contribution in [0.25, 0.3) is 10.9 Å². The van der Waals surface area contributed by atoms with Gasteiger partial charge in [0, 0.05) is 33.2 Å². The Balaban J connectivity index is 1.70. The molecule has 0 amide bonds. The summed E-state index contributed by atoms with van der Waals surface area (Å²) in [5.41, 5.74) is 2.48. The van der Waals surface area contributed by atoms with Crippen molar-refractivity contribution in [2.75, 3.05) is 20.1 Å². The number of aromatic nitrogens is 1. The van der Waals surface area contributed by atoms with Crippen molar-refractivity contribution >= 4 is 26.8 Å². The molecule has 108 valence electrons. The van der Waals surface area contributed by atoms with Gasteiger partial charge in [0.2, 0.25) is 0 Å². The molecule has 0 aliphatic carbocycles. The molecule has 1 aliphatic heterocycles. The highest BCUT2D eigenvalue weighted by Crippen LogP contribution is 2.24. The first-order valence-corrected chi connectivity index (χ1v) is 8.14. The summed E-state index contributed by atoms with van der Waals surface area (Å²) in [6, 6.07) is 9.64. The number of nitrogens with zero attached hydrogens (tertiary/aromatic N) is 1. The minimum atomic E-state index is 0.370. The fourth-order valence-corrected chi connectivity index (χ4v) is 3.36. The molecule has 0 saturated carbocycles. The Bertz CT molecular complexity index is 584. The molecular weight excluding hydrogens is 314 g/mol. The van der Waals surface area contributed by atoms with Gasteiger partial charge < -0.3 is 15.2 Å². The quantitative estimate of drug-likeness (QED) is 0.896. The van der Waals surface area contributed by atoms with Gasteiger partial charge in [-0.3, -0.25) is 0 Å². The summed E-state index contributed by atoms with van der Waals surface area (Å²) >= 11 is 3.53. The third-order valence-corrected chi connectivity index (χ3v) is 4.77. The van der Waals surface area contributed by atoms with Crippen molar-refractivity contribution < 1.29 is 0 Å². The molecule has 1 saturated heterocycles. The van der Waals surface area contributed by atoms with Gasteiger partial charge in [-0.15, -0.1) is 0 Å². The molecule has 1 unspecified atom stereocenters. The summed E-state index contributed by atoms with van der Waals surface area (Å²) in [6.45, 7) is 4.64. The number of fused-ring (bicyclic) bond motifs is 1. The second kappa shape index (κ2) is 5.88. The van der Waals surface area contributed by atoms with Gasteiger partial charge in [-0.1, -0.05) is 15.9 Å². The van der Waals surface area contributed by atoms with Gasteiger partial charge in [0.15, 0.2) is 0 Å². The van der Waals surface area contributed by atoms with E-state index >= 15 is 0 Å². The first-order valence-electron chi connectivity index (χ1n) is 7.34. The smallest absolute Gasteiger partial charge is 0.0457 e. The van der Waals surface area contributed by atoms with Gasteiger partial charge in [0.1, 0.15) is 0 Å². The molecular formula is C16H22BrN3. The highest BCUT2D eigenvalue weighted by molar-refractivity contribution is 9.10. The molecule has 1 aromatic carbocycles. The maximum atomic E-state index is 3.76. The fraction of sp³-hybridized carbons (Fsp3) is 0.500. The Hall–Kier alpha value is -0.840. The van der Waals surface area contributed by atoms with E-state index in [-0.39, 0.29) is 0 Å². The minimum Gasteiger partial charge on any atom is -0.357 e. The molecule has 3 nitrogen and oxygen atoms in total. The Morgan fingerprint density at radius 2 is 2.05 bits per heavy atom. The van der Waals surface area contributed by atoms with Crippen LogP contribution in [-0.4, -0.2) is 36.1 Å². The zero-order valence-corrected chi connectivity index (χ0v) is 13.7. The lowest BCUT2D eigenvalue weighted by Gasteiger charge is -2.31. The monoisotopic (exact) mass is 335 g/mol. The lowest BCUT2D eigenvalue weighted by Crippen LogP contribution is -2.41. The van der Waals surface area contributed by atoms with Crippen molar-refractivity contribution in [2.45, 2.75) is 31.8 Å². The second-order valence-corrected chi connectivity index (χ2v) is 6.84. The number of aromatic amines is 1. The fourth-order valence-electron chi connectivity index (χ4n) is 2.98. The van der Waals surface area contributed by atoms with E-state index in [4.69, 9.17) is 0 Å². The molecule has 2 N–H and O–H groups in total. The van der Waals surface area contributed by atoms with Crippen molar-refractivity contribution in [1.29, 1.82) is 0 Å². The van der Waals surface area contributed by atoms with E-state index in [1.807, 2.05) is 0 Å². The molecule has 1 aromatic heterocycles. The van der Waals surface area contributed by atoms with E-state index in [9.17, 15) is 0 Å². The number of rotatable bonds is 3. The highest BCUT2D eigenvalue weighted by Gasteiger charge is 2.19. The number of likely N-dealkylation sites (tertiary alicyclic amines) is 1. The van der Waals surface area contributed by atoms with Gasteiger partial charge >= 0.3 is 0 Å². The number of piperidine rings is 1. The highest BCUT2D eigenvalue weighted by atomic mass is 79.9. The SMILES string of the molecule is CC(NC1CCN(C)CC1)c1cc2cc(Br)ccc2[nH]1. The molecule has 0 radical (unpaired) electrons. The van der Waals surface area contributed by atoms with Gasteiger partial charge in [0.05, 0.1) is 0 Å². The van der Waals surface area contributed by atoms with Crippen molar-refractivity contribution in [3.63, 3.8) is 0 Å². The Morgan fingerprint density at radius 1 is 1.30 bits per heavy atom. The Morgan fingerprint density at radius 3 is 2.80 bits per heavy atom. The largest absolute Gasteiger partial charge is 0.357 e. The van der Waals surface area contributed by atoms with Crippen LogP contribution in [0.3, 0.4) is 0 Å². The van der Waals surface area contributed by atoms with E-state index in [1.165, 1.54) is 42.5 Å². The maximum Gasteiger partial charge on any atom is 0.0457 e. The normalized spacial score (nSPS) is 19.6. The molecule has 3 rings (SSSR count). The van der Waals surface area contributed by atoms with Crippen LogP contribution in [0.2, 0.25) is 0 Å². The maximum absolute atomic E-state index is 3.76. The first-order chi connectivity index (χ1) is 9.61. The number of H-pyrrole nitrogens is 1. The molecule has 1 aliphatic rings. The number of halogens is 1. The summed E-state index contributed by atoms with van der Waals surface area (Å²) in [5, 5.41) is 5.03.